The molecule has 0 spiro atoms. The summed E-state index contributed by atoms with van der Waals surface area (Å²) in [6.07, 6.45) is 14.2. The standard InChI is InChI=1S/C21H28N4O3S/c26-19(11-10-17-8-5-15-28-17)25-14-4-9-18(25)20(27)23-24-21(29)22-13-12-16-6-2-1-3-7-16/h5-6,8,10-11,15,18H,1-4,7,9,12-14H2,(H,23,27)(H2,22,24,29)/b11-10+/t18-/m0/s1. The fourth-order valence-corrected chi connectivity index (χ4v) is 3.81. The maximum absolute atomic E-state index is 12.5. The van der Waals surface area contributed by atoms with Crippen molar-refractivity contribution in [2.24, 2.45) is 0 Å². The summed E-state index contributed by atoms with van der Waals surface area (Å²) in [7, 11) is 0. The van der Waals surface area contributed by atoms with Gasteiger partial charge >= 0.3 is 0 Å². The molecule has 7 nitrogen and oxygen atoms in total. The monoisotopic (exact) mass is 416 g/mol. The molecule has 0 saturated carbocycles. The molecule has 1 aromatic rings. The second-order valence-corrected chi connectivity index (χ2v) is 7.67. The molecule has 1 atom stereocenters. The second-order valence-electron chi connectivity index (χ2n) is 7.27. The summed E-state index contributed by atoms with van der Waals surface area (Å²) in [5.41, 5.74) is 6.84. The number of thiocarbonyl (C=S) groups is 1. The first kappa shape index (κ1) is 21.1. The third-order valence-electron chi connectivity index (χ3n) is 5.19. The van der Waals surface area contributed by atoms with Crippen LogP contribution in [0.4, 0.5) is 0 Å². The third kappa shape index (κ3) is 6.45. The summed E-state index contributed by atoms with van der Waals surface area (Å²) >= 11 is 5.22. The Morgan fingerprint density at radius 3 is 2.93 bits per heavy atom. The van der Waals surface area contributed by atoms with Crippen molar-refractivity contribution in [1.82, 2.24) is 21.1 Å². The van der Waals surface area contributed by atoms with Gasteiger partial charge in [0.15, 0.2) is 5.11 Å². The molecular weight excluding hydrogens is 388 g/mol. The first-order valence-corrected chi connectivity index (χ1v) is 10.6. The Labute approximate surface area is 176 Å². The summed E-state index contributed by atoms with van der Waals surface area (Å²) in [6, 6.07) is 3.01. The minimum Gasteiger partial charge on any atom is -0.465 e. The van der Waals surface area contributed by atoms with Gasteiger partial charge in [0.2, 0.25) is 5.91 Å². The molecule has 29 heavy (non-hydrogen) atoms. The maximum Gasteiger partial charge on any atom is 0.261 e. The SMILES string of the molecule is O=C(NNC(=S)NCCC1=CCCCC1)[C@@H]1CCCN1C(=O)/C=C/c1ccco1. The molecule has 1 aromatic heterocycles. The molecule has 8 heteroatoms. The normalized spacial score (nSPS) is 19.1. The average molecular weight is 417 g/mol. The lowest BCUT2D eigenvalue weighted by molar-refractivity contribution is -0.135. The molecule has 0 radical (unpaired) electrons. The minimum absolute atomic E-state index is 0.208. The van der Waals surface area contributed by atoms with Crippen molar-refractivity contribution in [3.8, 4) is 0 Å². The van der Waals surface area contributed by atoms with Crippen molar-refractivity contribution in [3.63, 3.8) is 0 Å². The molecule has 1 saturated heterocycles. The van der Waals surface area contributed by atoms with Crippen LogP contribution in [0.5, 0.6) is 0 Å². The van der Waals surface area contributed by atoms with Gasteiger partial charge in [0.05, 0.1) is 6.26 Å². The minimum atomic E-state index is -0.508. The molecule has 2 amide bonds. The van der Waals surface area contributed by atoms with Crippen LogP contribution < -0.4 is 16.2 Å². The first-order chi connectivity index (χ1) is 14.1. The lowest BCUT2D eigenvalue weighted by Gasteiger charge is -2.23. The van der Waals surface area contributed by atoms with Gasteiger partial charge in [-0.3, -0.25) is 20.4 Å². The summed E-state index contributed by atoms with van der Waals surface area (Å²) in [6.45, 7) is 1.29. The molecule has 2 aliphatic rings. The largest absolute Gasteiger partial charge is 0.465 e. The van der Waals surface area contributed by atoms with Crippen LogP contribution in [0.1, 0.15) is 50.7 Å². The van der Waals surface area contributed by atoms with E-state index in [1.165, 1.54) is 37.3 Å². The molecule has 0 aromatic carbocycles. The number of hydrogen-bond acceptors (Lipinski definition) is 4. The highest BCUT2D eigenvalue weighted by Gasteiger charge is 2.33. The van der Waals surface area contributed by atoms with E-state index in [2.05, 4.69) is 22.2 Å². The maximum atomic E-state index is 12.5. The molecule has 3 N–H and O–H groups in total. The molecule has 156 valence electrons. The van der Waals surface area contributed by atoms with E-state index < -0.39 is 6.04 Å². The van der Waals surface area contributed by atoms with Gasteiger partial charge in [0.1, 0.15) is 11.8 Å². The predicted octanol–water partition coefficient (Wildman–Crippen LogP) is 2.67. The second kappa shape index (κ2) is 10.8. The van der Waals surface area contributed by atoms with Gasteiger partial charge in [-0.1, -0.05) is 11.6 Å². The predicted molar refractivity (Wildman–Crippen MR) is 116 cm³/mol. The van der Waals surface area contributed by atoms with E-state index in [0.717, 1.165) is 19.4 Å². The molecule has 2 heterocycles. The Balaban J connectivity index is 1.40. The van der Waals surface area contributed by atoms with Crippen molar-refractivity contribution in [3.05, 3.63) is 41.9 Å². The van der Waals surface area contributed by atoms with Gasteiger partial charge in [-0.15, -0.1) is 0 Å². The molecule has 0 bridgehead atoms. The number of nitrogens with one attached hydrogen (secondary N) is 3. The van der Waals surface area contributed by atoms with Crippen LogP contribution in [0.3, 0.4) is 0 Å². The van der Waals surface area contributed by atoms with Gasteiger partial charge in [-0.25, -0.2) is 0 Å². The van der Waals surface area contributed by atoms with E-state index in [9.17, 15) is 9.59 Å². The number of carbonyl (C=O) groups excluding carboxylic acids is 2. The van der Waals surface area contributed by atoms with Gasteiger partial charge in [-0.2, -0.15) is 0 Å². The summed E-state index contributed by atoms with van der Waals surface area (Å²) in [5, 5.41) is 3.49. The summed E-state index contributed by atoms with van der Waals surface area (Å²) in [5.74, 6) is 0.127. The van der Waals surface area contributed by atoms with Crippen molar-refractivity contribution in [2.75, 3.05) is 13.1 Å². The number of allylic oxidation sites excluding steroid dienone is 1. The number of hydrazine groups is 1. The van der Waals surface area contributed by atoms with Gasteiger partial charge < -0.3 is 14.6 Å². The summed E-state index contributed by atoms with van der Waals surface area (Å²) < 4.78 is 5.18. The Hall–Kier alpha value is -2.61. The zero-order valence-electron chi connectivity index (χ0n) is 16.5. The Morgan fingerprint density at radius 2 is 2.17 bits per heavy atom. The van der Waals surface area contributed by atoms with Crippen molar-refractivity contribution in [2.45, 2.75) is 51.0 Å². The number of hydrogen-bond donors (Lipinski definition) is 3. The van der Waals surface area contributed by atoms with Crippen molar-refractivity contribution < 1.29 is 14.0 Å². The molecule has 0 unspecified atom stereocenters. The highest BCUT2D eigenvalue weighted by molar-refractivity contribution is 7.80. The average Bonchev–Trinajstić information content (AvgIpc) is 3.43. The van der Waals surface area contributed by atoms with Crippen LogP contribution >= 0.6 is 12.2 Å². The highest BCUT2D eigenvalue weighted by Crippen LogP contribution is 2.19. The topological polar surface area (TPSA) is 86.6 Å². The quantitative estimate of drug-likeness (QED) is 0.286. The van der Waals surface area contributed by atoms with Crippen LogP contribution in [-0.4, -0.2) is 41.0 Å². The highest BCUT2D eigenvalue weighted by atomic mass is 32.1. The fraction of sp³-hybridized carbons (Fsp3) is 0.476. The number of nitrogens with zero attached hydrogens (tertiary/aromatic N) is 1. The van der Waals surface area contributed by atoms with E-state index in [1.807, 2.05) is 0 Å². The number of rotatable bonds is 6. The fourth-order valence-electron chi connectivity index (χ4n) is 3.65. The van der Waals surface area contributed by atoms with Crippen LogP contribution in [0.2, 0.25) is 0 Å². The van der Waals surface area contributed by atoms with Crippen LogP contribution in [0.15, 0.2) is 40.5 Å². The van der Waals surface area contributed by atoms with Gasteiger partial charge in [0, 0.05) is 19.2 Å². The number of amides is 2. The smallest absolute Gasteiger partial charge is 0.261 e. The van der Waals surface area contributed by atoms with Crippen molar-refractivity contribution >= 4 is 35.2 Å². The molecule has 3 rings (SSSR count). The zero-order valence-corrected chi connectivity index (χ0v) is 17.3. The Kier molecular flexibility index (Phi) is 7.86. The lowest BCUT2D eigenvalue weighted by atomic mass is 9.97. The molecule has 1 aliphatic heterocycles. The van der Waals surface area contributed by atoms with Crippen LogP contribution in [0.25, 0.3) is 6.08 Å². The zero-order chi connectivity index (χ0) is 20.5. The molecular formula is C21H28N4O3S. The van der Waals surface area contributed by atoms with E-state index in [4.69, 9.17) is 16.6 Å². The third-order valence-corrected chi connectivity index (χ3v) is 5.43. The van der Waals surface area contributed by atoms with Crippen LogP contribution in [-0.2, 0) is 9.59 Å². The van der Waals surface area contributed by atoms with Crippen LogP contribution in [0, 0.1) is 0 Å². The van der Waals surface area contributed by atoms with E-state index >= 15 is 0 Å². The summed E-state index contributed by atoms with van der Waals surface area (Å²) in [4.78, 5) is 26.5. The Bertz CT molecular complexity index is 773. The number of furan rings is 1. The van der Waals surface area contributed by atoms with E-state index in [1.54, 1.807) is 29.4 Å². The first-order valence-electron chi connectivity index (χ1n) is 10.2. The number of carbonyl (C=O) groups is 2. The van der Waals surface area contributed by atoms with E-state index in [-0.39, 0.29) is 11.8 Å². The molecule has 1 fully saturated rings. The Morgan fingerprint density at radius 1 is 1.28 bits per heavy atom. The lowest BCUT2D eigenvalue weighted by Crippen LogP contribution is -2.53. The van der Waals surface area contributed by atoms with E-state index in [0.29, 0.717) is 23.8 Å². The van der Waals surface area contributed by atoms with Gasteiger partial charge in [0.25, 0.3) is 5.91 Å². The van der Waals surface area contributed by atoms with Gasteiger partial charge in [-0.05, 0) is 75.4 Å². The van der Waals surface area contributed by atoms with Crippen molar-refractivity contribution in [1.29, 1.82) is 0 Å². The molecule has 1 aliphatic carbocycles. The number of likely N-dealkylation sites (tertiary alicyclic amines) is 1.